The van der Waals surface area contributed by atoms with Crippen LogP contribution < -0.4 is 24.7 Å². The van der Waals surface area contributed by atoms with Gasteiger partial charge in [-0.2, -0.15) is 8.42 Å². The first kappa shape index (κ1) is 33.2. The van der Waals surface area contributed by atoms with E-state index in [9.17, 15) is 13.2 Å². The van der Waals surface area contributed by atoms with E-state index in [4.69, 9.17) is 29.2 Å². The topological polar surface area (TPSA) is 181 Å². The molecule has 4 aromatic rings. The molecule has 0 unspecified atom stereocenters. The van der Waals surface area contributed by atoms with Crippen molar-refractivity contribution in [1.29, 1.82) is 0 Å². The lowest BCUT2D eigenvalue weighted by atomic mass is 9.98. The highest BCUT2D eigenvalue weighted by molar-refractivity contribution is 7.85. The molecule has 1 amide bonds. The highest BCUT2D eigenvalue weighted by Gasteiger charge is 2.21. The zero-order chi connectivity index (χ0) is 32.7. The summed E-state index contributed by atoms with van der Waals surface area (Å²) in [5.41, 5.74) is 10.8. The molecule has 0 fully saturated rings. The van der Waals surface area contributed by atoms with Crippen LogP contribution in [0.15, 0.2) is 48.5 Å². The number of methoxy groups -OCH3 is 4. The number of hydrogen-bond acceptors (Lipinski definition) is 11. The molecule has 14 nitrogen and oxygen atoms in total. The minimum atomic E-state index is -3.67. The van der Waals surface area contributed by atoms with E-state index in [1.807, 2.05) is 12.1 Å². The number of carbonyl (C=O) groups is 1. The van der Waals surface area contributed by atoms with Crippen LogP contribution >= 0.6 is 0 Å². The summed E-state index contributed by atoms with van der Waals surface area (Å²) in [6.07, 6.45) is 2.60. The highest BCUT2D eigenvalue weighted by atomic mass is 32.2. The Morgan fingerprint density at radius 3 is 2.04 bits per heavy atom. The summed E-state index contributed by atoms with van der Waals surface area (Å²) in [5.74, 6) is 1.98. The molecule has 1 aliphatic rings. The molecule has 2 heterocycles. The fraction of sp³-hybridized carbons (Fsp3) is 0.333. The second-order valence-corrected chi connectivity index (χ2v) is 11.6. The molecule has 0 saturated carbocycles. The Balaban J connectivity index is 0.000000854. The van der Waals surface area contributed by atoms with Gasteiger partial charge in [-0.3, -0.25) is 14.2 Å². The van der Waals surface area contributed by atoms with Crippen molar-refractivity contribution in [3.05, 3.63) is 70.8 Å². The Bertz CT molecular complexity index is 1750. The average Bonchev–Trinajstić information content (AvgIpc) is 3.52. The number of fused-ring (bicyclic) bond motifs is 1. The second kappa shape index (κ2) is 14.4. The molecule has 240 valence electrons. The predicted octanol–water partition coefficient (Wildman–Crippen LogP) is 2.57. The molecule has 45 heavy (non-hydrogen) atoms. The van der Waals surface area contributed by atoms with E-state index in [1.165, 1.54) is 41.8 Å². The molecule has 0 aliphatic carbocycles. The Morgan fingerprint density at radius 1 is 0.911 bits per heavy atom. The molecule has 0 saturated heterocycles. The molecular formula is C30H36N6O8S. The van der Waals surface area contributed by atoms with Gasteiger partial charge in [0.25, 0.3) is 10.1 Å². The highest BCUT2D eigenvalue weighted by Crippen LogP contribution is 2.35. The van der Waals surface area contributed by atoms with Crippen LogP contribution in [0.5, 0.6) is 23.0 Å². The van der Waals surface area contributed by atoms with Crippen molar-refractivity contribution in [2.24, 2.45) is 5.73 Å². The van der Waals surface area contributed by atoms with Crippen LogP contribution in [-0.4, -0.2) is 91.8 Å². The van der Waals surface area contributed by atoms with E-state index >= 15 is 0 Å². The Kier molecular flexibility index (Phi) is 10.6. The lowest BCUT2D eigenvalue weighted by Crippen LogP contribution is -2.32. The monoisotopic (exact) mass is 640 g/mol. The van der Waals surface area contributed by atoms with Crippen LogP contribution in [0.3, 0.4) is 0 Å². The number of tetrazole rings is 1. The van der Waals surface area contributed by atoms with Gasteiger partial charge in [-0.1, -0.05) is 12.1 Å². The molecule has 1 aromatic heterocycles. The normalized spacial score (nSPS) is 12.8. The Hall–Kier alpha value is -4.73. The molecular weight excluding hydrogens is 604 g/mol. The number of rotatable bonds is 10. The lowest BCUT2D eigenvalue weighted by Gasteiger charge is -2.29. The van der Waals surface area contributed by atoms with Gasteiger partial charge in [-0.25, -0.2) is 0 Å². The van der Waals surface area contributed by atoms with Crippen LogP contribution in [0.2, 0.25) is 0 Å². The smallest absolute Gasteiger partial charge is 0.261 e. The van der Waals surface area contributed by atoms with E-state index < -0.39 is 16.0 Å². The largest absolute Gasteiger partial charge is 0.493 e. The molecule has 5 rings (SSSR count). The maximum absolute atomic E-state index is 12.1. The van der Waals surface area contributed by atoms with E-state index in [1.54, 1.807) is 20.3 Å². The predicted molar refractivity (Wildman–Crippen MR) is 166 cm³/mol. The number of aromatic nitrogens is 4. The number of nitrogens with two attached hydrogens (primary N) is 1. The second-order valence-electron chi connectivity index (χ2n) is 10.2. The summed E-state index contributed by atoms with van der Waals surface area (Å²) in [7, 11) is 2.66. The molecule has 3 aromatic carbocycles. The minimum Gasteiger partial charge on any atom is -0.493 e. The number of ether oxygens (including phenoxy) is 4. The third-order valence-corrected chi connectivity index (χ3v) is 7.12. The van der Waals surface area contributed by atoms with Crippen LogP contribution in [0.1, 0.15) is 27.0 Å². The number of nitrogens with zero attached hydrogens (tertiary/aromatic N) is 5. The number of benzene rings is 3. The average molecular weight is 641 g/mol. The summed E-state index contributed by atoms with van der Waals surface area (Å²) in [6.45, 7) is 2.81. The molecule has 3 N–H and O–H groups in total. The standard InChI is InChI=1S/C29H32N6O5.CH4O3S/c1-37-24-13-19-10-12-34(17-20(19)14-25(24)38-2)11-9-18-5-7-21(8-6-18)35-32-29(31-33-35)23-16-27(40-4)26(39-3)15-22(23)28(30)36;1-5(2,3)4/h5-8,13-16H,9-12,17H2,1-4H3,(H2,30,36);1H3,(H,2,3,4). The number of primary amides is 1. The third-order valence-electron chi connectivity index (χ3n) is 7.12. The maximum atomic E-state index is 12.1. The van der Waals surface area contributed by atoms with Crippen molar-refractivity contribution in [3.8, 4) is 40.1 Å². The van der Waals surface area contributed by atoms with Gasteiger partial charge in [0, 0.05) is 25.2 Å². The van der Waals surface area contributed by atoms with Crippen molar-refractivity contribution in [2.45, 2.75) is 19.4 Å². The van der Waals surface area contributed by atoms with Crippen molar-refractivity contribution in [1.82, 2.24) is 25.1 Å². The van der Waals surface area contributed by atoms with Gasteiger partial charge in [0.2, 0.25) is 11.7 Å². The maximum Gasteiger partial charge on any atom is 0.261 e. The van der Waals surface area contributed by atoms with Gasteiger partial charge in [0.1, 0.15) is 0 Å². The number of carbonyl (C=O) groups excluding carboxylic acids is 1. The van der Waals surface area contributed by atoms with E-state index in [0.717, 1.165) is 49.7 Å². The van der Waals surface area contributed by atoms with Crippen LogP contribution in [-0.2, 0) is 29.5 Å². The van der Waals surface area contributed by atoms with Gasteiger partial charge in [-0.15, -0.1) is 15.0 Å². The molecule has 0 bridgehead atoms. The quantitative estimate of drug-likeness (QED) is 0.242. The summed E-state index contributed by atoms with van der Waals surface area (Å²) in [4.78, 5) is 16.0. The zero-order valence-electron chi connectivity index (χ0n) is 25.7. The van der Waals surface area contributed by atoms with Gasteiger partial charge in [0.15, 0.2) is 23.0 Å². The van der Waals surface area contributed by atoms with Gasteiger partial charge in [0.05, 0.1) is 45.9 Å². The van der Waals surface area contributed by atoms with E-state index in [0.29, 0.717) is 23.3 Å². The molecule has 0 atom stereocenters. The Morgan fingerprint density at radius 2 is 1.47 bits per heavy atom. The van der Waals surface area contributed by atoms with E-state index in [2.05, 4.69) is 44.6 Å². The van der Waals surface area contributed by atoms with Crippen molar-refractivity contribution in [3.63, 3.8) is 0 Å². The van der Waals surface area contributed by atoms with Crippen molar-refractivity contribution < 1.29 is 36.7 Å². The van der Waals surface area contributed by atoms with Crippen LogP contribution in [0.4, 0.5) is 0 Å². The van der Waals surface area contributed by atoms with Crippen LogP contribution in [0.25, 0.3) is 17.1 Å². The Labute approximate surface area is 261 Å². The van der Waals surface area contributed by atoms with Crippen molar-refractivity contribution >= 4 is 16.0 Å². The molecule has 1 aliphatic heterocycles. The number of hydrogen-bond donors (Lipinski definition) is 2. The lowest BCUT2D eigenvalue weighted by molar-refractivity contribution is 0.100. The first-order valence-electron chi connectivity index (χ1n) is 13.8. The fourth-order valence-electron chi connectivity index (χ4n) is 4.92. The zero-order valence-corrected chi connectivity index (χ0v) is 26.5. The fourth-order valence-corrected chi connectivity index (χ4v) is 4.92. The summed E-state index contributed by atoms with van der Waals surface area (Å²) < 4.78 is 47.5. The molecule has 0 radical (unpaired) electrons. The first-order valence-corrected chi connectivity index (χ1v) is 15.6. The summed E-state index contributed by atoms with van der Waals surface area (Å²) in [5, 5.41) is 12.8. The number of amides is 1. The van der Waals surface area contributed by atoms with E-state index in [-0.39, 0.29) is 11.4 Å². The SMILES string of the molecule is COc1cc2c(cc1OC)CN(CCc1ccc(-n3nnc(-c4cc(OC)c(OC)cc4C(N)=O)n3)cc1)CC2.CS(=O)(=O)O. The van der Waals surface area contributed by atoms with Gasteiger partial charge in [-0.05, 0) is 71.1 Å². The van der Waals surface area contributed by atoms with Crippen LogP contribution in [0, 0.1) is 0 Å². The van der Waals surface area contributed by atoms with Crippen molar-refractivity contribution in [2.75, 3.05) is 47.8 Å². The first-order chi connectivity index (χ1) is 21.4. The van der Waals surface area contributed by atoms with Gasteiger partial charge >= 0.3 is 0 Å². The minimum absolute atomic E-state index is 0.213. The third kappa shape index (κ3) is 8.47. The summed E-state index contributed by atoms with van der Waals surface area (Å²) >= 11 is 0. The molecule has 0 spiro atoms. The summed E-state index contributed by atoms with van der Waals surface area (Å²) in [6, 6.07) is 15.3. The molecule has 15 heteroatoms. The van der Waals surface area contributed by atoms with Gasteiger partial charge < -0.3 is 24.7 Å².